The minimum absolute atomic E-state index is 0.282. The van der Waals surface area contributed by atoms with E-state index in [1.165, 1.54) is 10.5 Å². The van der Waals surface area contributed by atoms with Crippen LogP contribution in [0.5, 0.6) is 0 Å². The van der Waals surface area contributed by atoms with Crippen LogP contribution < -0.4 is 0 Å². The Morgan fingerprint density at radius 1 is 1.27 bits per heavy atom. The molecule has 1 aliphatic carbocycles. The largest absolute Gasteiger partial charge is 0.480 e. The molecule has 2 aromatic rings. The predicted molar refractivity (Wildman–Crippen MR) is 98.9 cm³/mol. The molecule has 3 rings (SSSR count). The highest BCUT2D eigenvalue weighted by Crippen LogP contribution is 2.29. The van der Waals surface area contributed by atoms with Crippen LogP contribution in [-0.2, 0) is 17.6 Å². The van der Waals surface area contributed by atoms with Crippen molar-refractivity contribution < 1.29 is 14.7 Å². The molecule has 0 unspecified atom stereocenters. The van der Waals surface area contributed by atoms with Gasteiger partial charge in [0.2, 0.25) is 0 Å². The highest BCUT2D eigenvalue weighted by atomic mass is 16.4. The summed E-state index contributed by atoms with van der Waals surface area (Å²) in [6, 6.07) is 6.18. The van der Waals surface area contributed by atoms with Gasteiger partial charge in [0.15, 0.2) is 5.69 Å². The van der Waals surface area contributed by atoms with E-state index in [9.17, 15) is 9.59 Å². The molecule has 6 heteroatoms. The number of fused-ring (bicyclic) bond motifs is 1. The number of carboxylic acids is 1. The van der Waals surface area contributed by atoms with Gasteiger partial charge in [0.25, 0.3) is 5.91 Å². The summed E-state index contributed by atoms with van der Waals surface area (Å²) < 4.78 is 1.88. The summed E-state index contributed by atoms with van der Waals surface area (Å²) in [6.45, 7) is 6.14. The van der Waals surface area contributed by atoms with Gasteiger partial charge in [-0.1, -0.05) is 24.6 Å². The van der Waals surface area contributed by atoms with E-state index in [-0.39, 0.29) is 12.5 Å². The van der Waals surface area contributed by atoms with Crippen molar-refractivity contribution in [2.75, 3.05) is 13.1 Å². The maximum atomic E-state index is 13.0. The van der Waals surface area contributed by atoms with Gasteiger partial charge in [-0.05, 0) is 51.2 Å². The lowest BCUT2D eigenvalue weighted by molar-refractivity contribution is -0.137. The molecule has 138 valence electrons. The highest BCUT2D eigenvalue weighted by molar-refractivity contribution is 5.96. The monoisotopic (exact) mass is 355 g/mol. The highest BCUT2D eigenvalue weighted by Gasteiger charge is 2.30. The van der Waals surface area contributed by atoms with Crippen LogP contribution in [0.2, 0.25) is 0 Å². The average Bonchev–Trinajstić information content (AvgIpc) is 3.16. The first-order valence-corrected chi connectivity index (χ1v) is 9.11. The van der Waals surface area contributed by atoms with E-state index < -0.39 is 5.97 Å². The number of aromatic nitrogens is 2. The number of carbonyl (C=O) groups is 2. The molecule has 0 bridgehead atoms. The third kappa shape index (κ3) is 3.36. The molecule has 1 amide bonds. The van der Waals surface area contributed by atoms with E-state index in [0.29, 0.717) is 18.7 Å². The van der Waals surface area contributed by atoms with Gasteiger partial charge < -0.3 is 10.0 Å². The lowest BCUT2D eigenvalue weighted by Crippen LogP contribution is -2.37. The second kappa shape index (κ2) is 7.32. The van der Waals surface area contributed by atoms with Crippen LogP contribution in [0.3, 0.4) is 0 Å². The fourth-order valence-electron chi connectivity index (χ4n) is 3.69. The van der Waals surface area contributed by atoms with E-state index in [1.807, 2.05) is 37.6 Å². The molecule has 0 atom stereocenters. The standard InChI is InChI=1S/C20H25N3O3/c1-4-10-22(12-18(24)25)20(26)19-15-6-5-7-17(15)23(21-19)16-9-8-13(2)11-14(16)3/h8-9,11H,4-7,10,12H2,1-3H3,(H,24,25). The van der Waals surface area contributed by atoms with Crippen molar-refractivity contribution in [1.82, 2.24) is 14.7 Å². The van der Waals surface area contributed by atoms with Crippen LogP contribution in [0.1, 0.15) is 52.6 Å². The number of nitrogens with zero attached hydrogens (tertiary/aromatic N) is 3. The van der Waals surface area contributed by atoms with Crippen LogP contribution in [0.15, 0.2) is 18.2 Å². The van der Waals surface area contributed by atoms with Gasteiger partial charge in [0, 0.05) is 17.8 Å². The Morgan fingerprint density at radius 2 is 2.04 bits per heavy atom. The molecule has 1 N–H and O–H groups in total. The number of hydrogen-bond donors (Lipinski definition) is 1. The number of amides is 1. The Hall–Kier alpha value is -2.63. The molecule has 0 spiro atoms. The zero-order valence-corrected chi connectivity index (χ0v) is 15.6. The van der Waals surface area contributed by atoms with Crippen molar-refractivity contribution in [3.8, 4) is 5.69 Å². The summed E-state index contributed by atoms with van der Waals surface area (Å²) in [6.07, 6.45) is 3.40. The topological polar surface area (TPSA) is 75.4 Å². The SMILES string of the molecule is CCCN(CC(=O)O)C(=O)c1nn(-c2ccc(C)cc2C)c2c1CCC2. The number of rotatable bonds is 6. The molecule has 6 nitrogen and oxygen atoms in total. The van der Waals surface area contributed by atoms with Crippen molar-refractivity contribution in [3.05, 3.63) is 46.3 Å². The van der Waals surface area contributed by atoms with E-state index >= 15 is 0 Å². The van der Waals surface area contributed by atoms with Crippen LogP contribution in [0, 0.1) is 13.8 Å². The normalized spacial score (nSPS) is 12.9. The first-order valence-electron chi connectivity index (χ1n) is 9.11. The zero-order valence-electron chi connectivity index (χ0n) is 15.6. The molecule has 0 saturated heterocycles. The summed E-state index contributed by atoms with van der Waals surface area (Å²) in [5, 5.41) is 13.8. The first-order chi connectivity index (χ1) is 12.4. The molecule has 0 aliphatic heterocycles. The Labute approximate surface area is 153 Å². The molecule has 1 heterocycles. The second-order valence-electron chi connectivity index (χ2n) is 6.95. The quantitative estimate of drug-likeness (QED) is 0.864. The summed E-state index contributed by atoms with van der Waals surface area (Å²) in [5.74, 6) is -1.28. The van der Waals surface area contributed by atoms with Crippen LogP contribution in [0.4, 0.5) is 0 Å². The van der Waals surface area contributed by atoms with Gasteiger partial charge in [-0.25, -0.2) is 4.68 Å². The molecular weight excluding hydrogens is 330 g/mol. The van der Waals surface area contributed by atoms with Gasteiger partial charge in [0.1, 0.15) is 6.54 Å². The van der Waals surface area contributed by atoms with Crippen molar-refractivity contribution in [3.63, 3.8) is 0 Å². The van der Waals surface area contributed by atoms with Crippen molar-refractivity contribution in [2.24, 2.45) is 0 Å². The molecule has 0 fully saturated rings. The summed E-state index contributed by atoms with van der Waals surface area (Å²) in [5.41, 5.74) is 5.73. The minimum Gasteiger partial charge on any atom is -0.480 e. The number of aryl methyl sites for hydroxylation is 2. The lowest BCUT2D eigenvalue weighted by Gasteiger charge is -2.19. The van der Waals surface area contributed by atoms with Crippen LogP contribution in [-0.4, -0.2) is 44.8 Å². The van der Waals surface area contributed by atoms with Gasteiger partial charge >= 0.3 is 5.97 Å². The molecule has 26 heavy (non-hydrogen) atoms. The minimum atomic E-state index is -1.00. The average molecular weight is 355 g/mol. The molecule has 1 aromatic carbocycles. The Bertz CT molecular complexity index is 854. The van der Waals surface area contributed by atoms with Crippen LogP contribution >= 0.6 is 0 Å². The first kappa shape index (κ1) is 18.2. The number of hydrogen-bond acceptors (Lipinski definition) is 3. The second-order valence-corrected chi connectivity index (χ2v) is 6.95. The van der Waals surface area contributed by atoms with E-state index in [2.05, 4.69) is 11.2 Å². The lowest BCUT2D eigenvalue weighted by atomic mass is 10.1. The van der Waals surface area contributed by atoms with Gasteiger partial charge in [-0.3, -0.25) is 9.59 Å². The summed E-state index contributed by atoms with van der Waals surface area (Å²) >= 11 is 0. The van der Waals surface area contributed by atoms with Gasteiger partial charge in [-0.15, -0.1) is 0 Å². The number of carbonyl (C=O) groups excluding carboxylic acids is 1. The van der Waals surface area contributed by atoms with E-state index in [0.717, 1.165) is 41.8 Å². The summed E-state index contributed by atoms with van der Waals surface area (Å²) in [7, 11) is 0. The molecule has 0 saturated carbocycles. The van der Waals surface area contributed by atoms with Gasteiger partial charge in [-0.2, -0.15) is 5.10 Å². The third-order valence-corrected chi connectivity index (χ3v) is 4.82. The Morgan fingerprint density at radius 3 is 2.69 bits per heavy atom. The van der Waals surface area contributed by atoms with Crippen molar-refractivity contribution >= 4 is 11.9 Å². The number of benzene rings is 1. The number of carboxylic acid groups (broad SMARTS) is 1. The molecule has 1 aliphatic rings. The number of aliphatic carboxylic acids is 1. The van der Waals surface area contributed by atoms with Crippen molar-refractivity contribution in [2.45, 2.75) is 46.5 Å². The maximum absolute atomic E-state index is 13.0. The maximum Gasteiger partial charge on any atom is 0.323 e. The summed E-state index contributed by atoms with van der Waals surface area (Å²) in [4.78, 5) is 25.5. The molecule has 0 radical (unpaired) electrons. The predicted octanol–water partition coefficient (Wildman–Crippen LogP) is 2.91. The molecule has 1 aromatic heterocycles. The fourth-order valence-corrected chi connectivity index (χ4v) is 3.69. The van der Waals surface area contributed by atoms with E-state index in [1.54, 1.807) is 0 Å². The Kier molecular flexibility index (Phi) is 5.11. The smallest absolute Gasteiger partial charge is 0.323 e. The molecular formula is C20H25N3O3. The van der Waals surface area contributed by atoms with Crippen molar-refractivity contribution in [1.29, 1.82) is 0 Å². The van der Waals surface area contributed by atoms with Gasteiger partial charge in [0.05, 0.1) is 5.69 Å². The third-order valence-electron chi connectivity index (χ3n) is 4.82. The van der Waals surface area contributed by atoms with Crippen LogP contribution in [0.25, 0.3) is 5.69 Å². The Balaban J connectivity index is 2.04. The van der Waals surface area contributed by atoms with E-state index in [4.69, 9.17) is 5.11 Å². The fraction of sp³-hybridized carbons (Fsp3) is 0.450. The zero-order chi connectivity index (χ0) is 18.8.